The summed E-state index contributed by atoms with van der Waals surface area (Å²) in [5.41, 5.74) is 7.20. The number of nitrogens with zero attached hydrogens (tertiary/aromatic N) is 1. The standard InChI is InChI=1S/C49H51N3O6/c1-33-45(31-52(3)34(2)46(54)37-13-6-4-7-14-37)57-48(58-47(33)38-22-20-35(32-53)21-23-38)41-17-11-16-40(29-41)39-15-10-12-36(28-39)30-50-49(55)51-42-24-26-44(27-25-42)56-43-18-8-5-9-19-43/h4-29,33-34,45-48,53-54H,30-32H2,1-3H3,(H2,50,51,55). The summed E-state index contributed by atoms with van der Waals surface area (Å²) in [7, 11) is 2.02. The number of para-hydroxylation sites is 1. The minimum absolute atomic E-state index is 0.0164. The molecule has 1 aliphatic heterocycles. The molecule has 2 amide bonds. The van der Waals surface area contributed by atoms with Crippen LogP contribution in [0.2, 0.25) is 0 Å². The predicted octanol–water partition coefficient (Wildman–Crippen LogP) is 9.81. The van der Waals surface area contributed by atoms with E-state index in [1.807, 2.05) is 135 Å². The van der Waals surface area contributed by atoms with Crippen molar-refractivity contribution in [2.75, 3.05) is 18.9 Å². The summed E-state index contributed by atoms with van der Waals surface area (Å²) in [5.74, 6) is 1.41. The SMILES string of the molecule is CC1C(CN(C)C(C)C(O)c2ccccc2)OC(c2cccc(-c3cccc(CNC(=O)Nc4ccc(Oc5ccccc5)cc4)c3)c2)OC1c1ccc(CO)cc1. The number of hydrogen-bond acceptors (Lipinski definition) is 7. The first-order chi connectivity index (χ1) is 28.2. The number of rotatable bonds is 14. The number of hydrogen-bond donors (Lipinski definition) is 4. The molecule has 7 rings (SSSR count). The number of likely N-dealkylation sites (N-methyl/N-ethyl adjacent to an activating group) is 1. The Morgan fingerprint density at radius 1 is 0.741 bits per heavy atom. The number of carbonyl (C=O) groups excluding carboxylic acids is 1. The fourth-order valence-electron chi connectivity index (χ4n) is 7.26. The van der Waals surface area contributed by atoms with E-state index in [9.17, 15) is 15.0 Å². The van der Waals surface area contributed by atoms with Crippen molar-refractivity contribution in [2.24, 2.45) is 5.92 Å². The van der Waals surface area contributed by atoms with Crippen LogP contribution in [0.3, 0.4) is 0 Å². The Labute approximate surface area is 340 Å². The van der Waals surface area contributed by atoms with Gasteiger partial charge in [-0.05, 0) is 95.9 Å². The molecular formula is C49H51N3O6. The van der Waals surface area contributed by atoms with Gasteiger partial charge in [-0.2, -0.15) is 0 Å². The van der Waals surface area contributed by atoms with Crippen molar-refractivity contribution in [1.29, 1.82) is 0 Å². The summed E-state index contributed by atoms with van der Waals surface area (Å²) in [6.07, 6.45) is -1.81. The normalized spacial score (nSPS) is 18.9. The molecule has 1 aliphatic rings. The van der Waals surface area contributed by atoms with Gasteiger partial charge in [0.2, 0.25) is 0 Å². The van der Waals surface area contributed by atoms with Gasteiger partial charge in [-0.15, -0.1) is 0 Å². The molecule has 6 atom stereocenters. The van der Waals surface area contributed by atoms with Gasteiger partial charge in [-0.1, -0.05) is 116 Å². The first kappa shape index (κ1) is 40.4. The Kier molecular flexibility index (Phi) is 13.3. The molecule has 0 saturated carbocycles. The lowest BCUT2D eigenvalue weighted by molar-refractivity contribution is -0.276. The Hall–Kier alpha value is -5.81. The molecule has 0 aromatic heterocycles. The third-order valence-electron chi connectivity index (χ3n) is 10.8. The van der Waals surface area contributed by atoms with Crippen LogP contribution < -0.4 is 15.4 Å². The topological polar surface area (TPSA) is 113 Å². The van der Waals surface area contributed by atoms with Crippen LogP contribution in [0.4, 0.5) is 10.5 Å². The molecule has 6 aromatic carbocycles. The molecule has 1 fully saturated rings. The summed E-state index contributed by atoms with van der Waals surface area (Å²) in [6, 6.07) is 50.2. The number of ether oxygens (including phenoxy) is 3. The van der Waals surface area contributed by atoms with Crippen LogP contribution in [0.25, 0.3) is 11.1 Å². The van der Waals surface area contributed by atoms with E-state index in [1.54, 1.807) is 12.1 Å². The molecule has 9 heteroatoms. The Bertz CT molecular complexity index is 2220. The van der Waals surface area contributed by atoms with E-state index >= 15 is 0 Å². The third-order valence-corrected chi connectivity index (χ3v) is 10.8. The van der Waals surface area contributed by atoms with Crippen LogP contribution in [0.15, 0.2) is 158 Å². The molecule has 0 aliphatic carbocycles. The fourth-order valence-corrected chi connectivity index (χ4v) is 7.26. The van der Waals surface area contributed by atoms with E-state index in [0.717, 1.165) is 44.7 Å². The molecule has 6 unspecified atom stereocenters. The number of aliphatic hydroxyl groups is 2. The maximum Gasteiger partial charge on any atom is 0.319 e. The summed E-state index contributed by atoms with van der Waals surface area (Å²) < 4.78 is 19.4. The number of aliphatic hydroxyl groups excluding tert-OH is 2. The maximum absolute atomic E-state index is 12.8. The molecule has 0 radical (unpaired) electrons. The monoisotopic (exact) mass is 777 g/mol. The predicted molar refractivity (Wildman–Crippen MR) is 227 cm³/mol. The highest BCUT2D eigenvalue weighted by molar-refractivity contribution is 5.89. The Balaban J connectivity index is 1.03. The quantitative estimate of drug-likeness (QED) is 0.0872. The van der Waals surface area contributed by atoms with Crippen molar-refractivity contribution in [3.63, 3.8) is 0 Å². The second-order valence-corrected chi connectivity index (χ2v) is 14.9. The lowest BCUT2D eigenvalue weighted by Gasteiger charge is -2.43. The zero-order valence-electron chi connectivity index (χ0n) is 33.1. The summed E-state index contributed by atoms with van der Waals surface area (Å²) in [4.78, 5) is 15.0. The second kappa shape index (κ2) is 19.1. The van der Waals surface area contributed by atoms with Crippen LogP contribution in [-0.2, 0) is 22.6 Å². The van der Waals surface area contributed by atoms with Crippen molar-refractivity contribution >= 4 is 11.7 Å². The summed E-state index contributed by atoms with van der Waals surface area (Å²) in [6.45, 7) is 5.06. The van der Waals surface area contributed by atoms with Gasteiger partial charge in [-0.3, -0.25) is 4.90 Å². The first-order valence-electron chi connectivity index (χ1n) is 19.7. The number of anilines is 1. The molecule has 0 spiro atoms. The van der Waals surface area contributed by atoms with Crippen molar-refractivity contribution < 1.29 is 29.2 Å². The van der Waals surface area contributed by atoms with Gasteiger partial charge in [0.25, 0.3) is 0 Å². The van der Waals surface area contributed by atoms with Gasteiger partial charge in [0.05, 0.1) is 24.9 Å². The van der Waals surface area contributed by atoms with E-state index in [-0.39, 0.29) is 36.8 Å². The summed E-state index contributed by atoms with van der Waals surface area (Å²) in [5, 5.41) is 26.8. The van der Waals surface area contributed by atoms with E-state index < -0.39 is 12.4 Å². The number of urea groups is 1. The van der Waals surface area contributed by atoms with Crippen LogP contribution >= 0.6 is 0 Å². The molecule has 58 heavy (non-hydrogen) atoms. The number of nitrogens with one attached hydrogen (secondary N) is 2. The highest BCUT2D eigenvalue weighted by atomic mass is 16.7. The van der Waals surface area contributed by atoms with Gasteiger partial charge in [-0.25, -0.2) is 4.79 Å². The van der Waals surface area contributed by atoms with Crippen LogP contribution in [0.5, 0.6) is 11.5 Å². The smallest absolute Gasteiger partial charge is 0.319 e. The van der Waals surface area contributed by atoms with E-state index in [1.165, 1.54) is 0 Å². The van der Waals surface area contributed by atoms with Gasteiger partial charge in [0.15, 0.2) is 6.29 Å². The van der Waals surface area contributed by atoms with E-state index in [4.69, 9.17) is 14.2 Å². The highest BCUT2D eigenvalue weighted by Crippen LogP contribution is 2.43. The average molecular weight is 778 g/mol. The lowest BCUT2D eigenvalue weighted by atomic mass is 9.89. The molecule has 9 nitrogen and oxygen atoms in total. The molecule has 4 N–H and O–H groups in total. The van der Waals surface area contributed by atoms with Crippen molar-refractivity contribution in [3.8, 4) is 22.6 Å². The minimum atomic E-state index is -0.658. The zero-order valence-corrected chi connectivity index (χ0v) is 33.1. The zero-order chi connectivity index (χ0) is 40.4. The van der Waals surface area contributed by atoms with Crippen LogP contribution in [0, 0.1) is 5.92 Å². The van der Waals surface area contributed by atoms with Gasteiger partial charge >= 0.3 is 6.03 Å². The van der Waals surface area contributed by atoms with Crippen LogP contribution in [0.1, 0.15) is 60.2 Å². The molecule has 298 valence electrons. The molecule has 6 aromatic rings. The third kappa shape index (κ3) is 10.2. The number of carbonyl (C=O) groups is 1. The first-order valence-corrected chi connectivity index (χ1v) is 19.7. The molecular weight excluding hydrogens is 727 g/mol. The largest absolute Gasteiger partial charge is 0.457 e. The van der Waals surface area contributed by atoms with Gasteiger partial charge < -0.3 is 35.1 Å². The van der Waals surface area contributed by atoms with Crippen molar-refractivity contribution in [3.05, 3.63) is 186 Å². The minimum Gasteiger partial charge on any atom is -0.457 e. The summed E-state index contributed by atoms with van der Waals surface area (Å²) >= 11 is 0. The van der Waals surface area contributed by atoms with E-state index in [2.05, 4.69) is 46.7 Å². The van der Waals surface area contributed by atoms with E-state index in [0.29, 0.717) is 24.5 Å². The highest BCUT2D eigenvalue weighted by Gasteiger charge is 2.39. The van der Waals surface area contributed by atoms with Gasteiger partial charge in [0.1, 0.15) is 11.5 Å². The van der Waals surface area contributed by atoms with Crippen molar-refractivity contribution in [1.82, 2.24) is 10.2 Å². The van der Waals surface area contributed by atoms with Crippen LogP contribution in [-0.4, -0.2) is 46.9 Å². The lowest BCUT2D eigenvalue weighted by Crippen LogP contribution is -2.46. The van der Waals surface area contributed by atoms with Gasteiger partial charge in [0, 0.05) is 36.3 Å². The molecule has 0 bridgehead atoms. The fraction of sp³-hybridized carbons (Fsp3) is 0.245. The average Bonchev–Trinajstić information content (AvgIpc) is 3.27. The van der Waals surface area contributed by atoms with Crippen molar-refractivity contribution in [2.45, 2.75) is 57.6 Å². The Morgan fingerprint density at radius 2 is 1.40 bits per heavy atom. The molecule has 1 heterocycles. The number of benzene rings is 6. The number of amides is 2. The second-order valence-electron chi connectivity index (χ2n) is 14.9. The molecule has 1 saturated heterocycles. The Morgan fingerprint density at radius 3 is 2.10 bits per heavy atom. The maximum atomic E-state index is 12.8.